The monoisotopic (exact) mass is 461 g/mol. The molecule has 0 saturated heterocycles. The first-order chi connectivity index (χ1) is 16.5. The van der Waals surface area contributed by atoms with Gasteiger partial charge in [0, 0.05) is 16.3 Å². The second-order valence-corrected chi connectivity index (χ2v) is 7.56. The van der Waals surface area contributed by atoms with Crippen molar-refractivity contribution in [2.45, 2.75) is 0 Å². The predicted molar refractivity (Wildman–Crippen MR) is 129 cm³/mol. The van der Waals surface area contributed by atoms with Crippen molar-refractivity contribution in [2.75, 3.05) is 35.5 Å². The first-order valence-corrected chi connectivity index (χ1v) is 10.4. The molecule has 0 unspecified atom stereocenters. The number of aromatic hydroxyl groups is 1. The zero-order valence-electron chi connectivity index (χ0n) is 19.4. The van der Waals surface area contributed by atoms with Crippen LogP contribution in [0.2, 0.25) is 0 Å². The lowest BCUT2D eigenvalue weighted by Gasteiger charge is -2.17. The van der Waals surface area contributed by atoms with Crippen molar-refractivity contribution in [3.8, 4) is 45.8 Å². The van der Waals surface area contributed by atoms with Crippen LogP contribution >= 0.6 is 0 Å². The molecule has 1 N–H and O–H groups in total. The molecule has 174 valence electrons. The number of aromatic nitrogens is 1. The molecule has 8 heteroatoms. The molecule has 5 aromatic rings. The van der Waals surface area contributed by atoms with E-state index in [0.29, 0.717) is 56.7 Å². The molecule has 0 bridgehead atoms. The third-order valence-electron chi connectivity index (χ3n) is 5.88. The van der Waals surface area contributed by atoms with Crippen molar-refractivity contribution in [1.82, 2.24) is 4.98 Å². The summed E-state index contributed by atoms with van der Waals surface area (Å²) in [5, 5.41) is 13.5. The zero-order chi connectivity index (χ0) is 24.0. The minimum Gasteiger partial charge on any atom is -0.504 e. The van der Waals surface area contributed by atoms with Gasteiger partial charge >= 0.3 is 0 Å². The molecule has 0 radical (unpaired) electrons. The molecule has 0 spiro atoms. The molecule has 2 aromatic heterocycles. The molecule has 0 aliphatic heterocycles. The lowest BCUT2D eigenvalue weighted by molar-refractivity contribution is 0.327. The Labute approximate surface area is 195 Å². The molecule has 0 aliphatic carbocycles. The first kappa shape index (κ1) is 21.5. The first-order valence-electron chi connectivity index (χ1n) is 10.4. The molecule has 0 amide bonds. The van der Waals surface area contributed by atoms with Crippen molar-refractivity contribution in [2.24, 2.45) is 0 Å². The van der Waals surface area contributed by atoms with E-state index in [-0.39, 0.29) is 5.75 Å². The SMILES string of the molecule is COc1ccc2oc3nc(-c4ccc(OC)c(O)c4)c4c(OC)c(OC)c(OC)cc4c3c2c1. The van der Waals surface area contributed by atoms with Gasteiger partial charge in [0.2, 0.25) is 11.5 Å². The highest BCUT2D eigenvalue weighted by atomic mass is 16.5. The minimum absolute atomic E-state index is 0.0103. The Morgan fingerprint density at radius 1 is 0.706 bits per heavy atom. The summed E-state index contributed by atoms with van der Waals surface area (Å²) in [6.07, 6.45) is 0. The van der Waals surface area contributed by atoms with E-state index >= 15 is 0 Å². The van der Waals surface area contributed by atoms with Gasteiger partial charge in [0.1, 0.15) is 11.3 Å². The van der Waals surface area contributed by atoms with Crippen LogP contribution in [0.25, 0.3) is 44.1 Å². The summed E-state index contributed by atoms with van der Waals surface area (Å²) in [5.41, 5.74) is 2.28. The minimum atomic E-state index is -0.0103. The Kier molecular flexibility index (Phi) is 5.20. The molecule has 5 rings (SSSR count). The number of fused-ring (bicyclic) bond motifs is 5. The molecule has 0 fully saturated rings. The van der Waals surface area contributed by atoms with E-state index in [1.807, 2.05) is 30.3 Å². The maximum Gasteiger partial charge on any atom is 0.228 e. The number of pyridine rings is 1. The van der Waals surface area contributed by atoms with E-state index in [9.17, 15) is 5.11 Å². The smallest absolute Gasteiger partial charge is 0.228 e. The van der Waals surface area contributed by atoms with Gasteiger partial charge in [0.25, 0.3) is 0 Å². The number of ether oxygens (including phenoxy) is 5. The number of methoxy groups -OCH3 is 5. The van der Waals surface area contributed by atoms with Gasteiger partial charge in [-0.3, -0.25) is 0 Å². The molecule has 0 aliphatic rings. The van der Waals surface area contributed by atoms with Crippen LogP contribution in [0, 0.1) is 0 Å². The van der Waals surface area contributed by atoms with Crippen molar-refractivity contribution in [1.29, 1.82) is 0 Å². The van der Waals surface area contributed by atoms with Crippen LogP contribution in [0.5, 0.6) is 34.5 Å². The standard InChI is InChI=1S/C26H23NO7/c1-29-14-7-9-18-15(11-14)21-16-12-20(31-3)24(32-4)25(33-5)22(16)23(27-26(21)34-18)13-6-8-19(30-2)17(28)10-13/h6-12,28H,1-5H3. The average Bonchev–Trinajstić information content (AvgIpc) is 3.24. The molecular weight excluding hydrogens is 438 g/mol. The Hall–Kier alpha value is -4.33. The molecule has 2 heterocycles. The fraction of sp³-hybridized carbons (Fsp3) is 0.192. The summed E-state index contributed by atoms with van der Waals surface area (Å²) in [7, 11) is 7.80. The van der Waals surface area contributed by atoms with Crippen molar-refractivity contribution in [3.05, 3.63) is 42.5 Å². The topological polar surface area (TPSA) is 92.4 Å². The number of hydrogen-bond acceptors (Lipinski definition) is 8. The Bertz CT molecular complexity index is 1550. The average molecular weight is 461 g/mol. The van der Waals surface area contributed by atoms with Crippen LogP contribution in [0.15, 0.2) is 46.9 Å². The van der Waals surface area contributed by atoms with Gasteiger partial charge in [0.05, 0.1) is 52.0 Å². The van der Waals surface area contributed by atoms with E-state index < -0.39 is 0 Å². The molecule has 0 atom stereocenters. The van der Waals surface area contributed by atoms with Crippen molar-refractivity contribution < 1.29 is 33.2 Å². The van der Waals surface area contributed by atoms with Crippen LogP contribution in [-0.4, -0.2) is 45.6 Å². The molecule has 34 heavy (non-hydrogen) atoms. The van der Waals surface area contributed by atoms with Crippen LogP contribution in [-0.2, 0) is 0 Å². The van der Waals surface area contributed by atoms with Gasteiger partial charge in [-0.2, -0.15) is 0 Å². The van der Waals surface area contributed by atoms with Gasteiger partial charge < -0.3 is 33.2 Å². The number of furan rings is 1. The van der Waals surface area contributed by atoms with Gasteiger partial charge in [-0.1, -0.05) is 0 Å². The summed E-state index contributed by atoms with van der Waals surface area (Å²) in [4.78, 5) is 4.87. The second kappa shape index (κ2) is 8.22. The van der Waals surface area contributed by atoms with E-state index in [1.165, 1.54) is 7.11 Å². The van der Waals surface area contributed by atoms with Gasteiger partial charge in [-0.15, -0.1) is 0 Å². The molecular formula is C26H23NO7. The molecule has 3 aromatic carbocycles. The predicted octanol–water partition coefficient (Wildman–Crippen LogP) is 5.55. The Morgan fingerprint density at radius 3 is 2.12 bits per heavy atom. The van der Waals surface area contributed by atoms with Crippen LogP contribution in [0.4, 0.5) is 0 Å². The third-order valence-corrected chi connectivity index (χ3v) is 5.88. The number of phenolic OH excluding ortho intramolecular Hbond substituents is 1. The molecule has 8 nitrogen and oxygen atoms in total. The number of benzene rings is 3. The number of nitrogens with zero attached hydrogens (tertiary/aromatic N) is 1. The Balaban J connectivity index is 2.00. The maximum atomic E-state index is 10.5. The van der Waals surface area contributed by atoms with E-state index in [2.05, 4.69) is 0 Å². The Morgan fingerprint density at radius 2 is 1.47 bits per heavy atom. The van der Waals surface area contributed by atoms with Crippen LogP contribution in [0.3, 0.4) is 0 Å². The van der Waals surface area contributed by atoms with E-state index in [4.69, 9.17) is 33.1 Å². The van der Waals surface area contributed by atoms with Crippen LogP contribution in [0.1, 0.15) is 0 Å². The van der Waals surface area contributed by atoms with Gasteiger partial charge in [-0.05, 0) is 42.5 Å². The largest absolute Gasteiger partial charge is 0.504 e. The van der Waals surface area contributed by atoms with E-state index in [1.54, 1.807) is 40.6 Å². The van der Waals surface area contributed by atoms with Crippen LogP contribution < -0.4 is 23.7 Å². The number of phenols is 1. The summed E-state index contributed by atoms with van der Waals surface area (Å²) < 4.78 is 33.9. The summed E-state index contributed by atoms with van der Waals surface area (Å²) in [5.74, 6) is 2.43. The highest BCUT2D eigenvalue weighted by Gasteiger charge is 2.25. The fourth-order valence-electron chi connectivity index (χ4n) is 4.32. The summed E-state index contributed by atoms with van der Waals surface area (Å²) in [6.45, 7) is 0. The lowest BCUT2D eigenvalue weighted by atomic mass is 9.98. The van der Waals surface area contributed by atoms with Gasteiger partial charge in [-0.25, -0.2) is 4.98 Å². The summed E-state index contributed by atoms with van der Waals surface area (Å²) in [6, 6.07) is 12.5. The van der Waals surface area contributed by atoms with E-state index in [0.717, 1.165) is 16.2 Å². The maximum absolute atomic E-state index is 10.5. The number of rotatable bonds is 6. The summed E-state index contributed by atoms with van der Waals surface area (Å²) >= 11 is 0. The molecule has 0 saturated carbocycles. The highest BCUT2D eigenvalue weighted by molar-refractivity contribution is 6.22. The zero-order valence-corrected chi connectivity index (χ0v) is 19.4. The second-order valence-electron chi connectivity index (χ2n) is 7.56. The highest BCUT2D eigenvalue weighted by Crippen LogP contribution is 2.50. The van der Waals surface area contributed by atoms with Crippen molar-refractivity contribution >= 4 is 32.8 Å². The van der Waals surface area contributed by atoms with Gasteiger partial charge in [0.15, 0.2) is 23.0 Å². The normalized spacial score (nSPS) is 11.2. The van der Waals surface area contributed by atoms with Crippen molar-refractivity contribution in [3.63, 3.8) is 0 Å². The third kappa shape index (κ3) is 3.10. The lowest BCUT2D eigenvalue weighted by Crippen LogP contribution is -1.98. The fourth-order valence-corrected chi connectivity index (χ4v) is 4.32. The quantitative estimate of drug-likeness (QED) is 0.352. The number of hydrogen-bond donors (Lipinski definition) is 1.